The van der Waals surface area contributed by atoms with E-state index in [1.165, 1.54) is 0 Å². The second kappa shape index (κ2) is 9.10. The lowest BCUT2D eigenvalue weighted by Crippen LogP contribution is -2.46. The minimum absolute atomic E-state index is 0.159. The third-order valence-corrected chi connectivity index (χ3v) is 6.75. The summed E-state index contributed by atoms with van der Waals surface area (Å²) in [6.45, 7) is 6.69. The van der Waals surface area contributed by atoms with Crippen LogP contribution in [0.4, 0.5) is 0 Å². The Labute approximate surface area is 181 Å². The molecule has 6 nitrogen and oxygen atoms in total. The number of imidazole rings is 1. The molecule has 2 aromatic carbocycles. The number of amides is 1. The van der Waals surface area contributed by atoms with Crippen LogP contribution >= 0.6 is 11.8 Å². The highest BCUT2D eigenvalue weighted by molar-refractivity contribution is 8.00. The smallest absolute Gasteiger partial charge is 0.236 e. The van der Waals surface area contributed by atoms with Crippen LogP contribution in [0, 0.1) is 5.92 Å². The van der Waals surface area contributed by atoms with Gasteiger partial charge in [0, 0.05) is 18.8 Å². The summed E-state index contributed by atoms with van der Waals surface area (Å²) in [5, 5.41) is 0.610. The summed E-state index contributed by atoms with van der Waals surface area (Å²) in [5.41, 5.74) is 2.93. The van der Waals surface area contributed by atoms with Crippen LogP contribution in [-0.2, 0) is 9.53 Å². The molecule has 0 spiro atoms. The number of thioether (sulfide) groups is 1. The van der Waals surface area contributed by atoms with E-state index in [9.17, 15) is 4.79 Å². The molecule has 0 saturated carbocycles. The number of para-hydroxylation sites is 2. The van der Waals surface area contributed by atoms with Crippen LogP contribution in [0.15, 0.2) is 53.7 Å². The van der Waals surface area contributed by atoms with E-state index in [1.807, 2.05) is 47.4 Å². The summed E-state index contributed by atoms with van der Waals surface area (Å²) < 4.78 is 12.9. The van der Waals surface area contributed by atoms with Crippen molar-refractivity contribution in [3.05, 3.63) is 48.5 Å². The van der Waals surface area contributed by atoms with E-state index in [4.69, 9.17) is 14.5 Å². The van der Waals surface area contributed by atoms with Crippen LogP contribution in [0.25, 0.3) is 16.7 Å². The lowest BCUT2D eigenvalue weighted by Gasteiger charge is -2.31. The first-order valence-corrected chi connectivity index (χ1v) is 11.1. The highest BCUT2D eigenvalue weighted by Gasteiger charge is 2.31. The molecule has 0 radical (unpaired) electrons. The topological polar surface area (TPSA) is 56.6 Å². The number of nitrogens with zero attached hydrogens (tertiary/aromatic N) is 3. The zero-order valence-electron chi connectivity index (χ0n) is 17.6. The number of carbonyl (C=O) groups excluding carboxylic acids is 1. The average molecular weight is 426 g/mol. The van der Waals surface area contributed by atoms with Gasteiger partial charge < -0.3 is 14.4 Å². The average Bonchev–Trinajstić information content (AvgIpc) is 3.15. The molecule has 1 saturated heterocycles. The fourth-order valence-electron chi connectivity index (χ4n) is 3.61. The van der Waals surface area contributed by atoms with Crippen molar-refractivity contribution in [2.75, 3.05) is 33.4 Å². The molecule has 1 amide bonds. The summed E-state index contributed by atoms with van der Waals surface area (Å²) in [6, 6.07) is 16.0. The van der Waals surface area contributed by atoms with Gasteiger partial charge in [0.1, 0.15) is 5.75 Å². The molecule has 0 N–H and O–H groups in total. The standard InChI is InChI=1S/C23H27N3O3S/c1-16(2)21(22(27)25-12-14-29-15-13-25)30-23-24-19-6-4-5-7-20(19)26(23)17-8-10-18(28-3)11-9-17/h4-11,16,21H,12-15H2,1-3H3. The van der Waals surface area contributed by atoms with E-state index in [-0.39, 0.29) is 17.1 Å². The minimum atomic E-state index is -0.211. The van der Waals surface area contributed by atoms with Gasteiger partial charge in [0.05, 0.1) is 36.6 Å². The Hall–Kier alpha value is -2.51. The first kappa shape index (κ1) is 20.8. The Kier molecular flexibility index (Phi) is 6.29. The molecule has 2 heterocycles. The highest BCUT2D eigenvalue weighted by Crippen LogP contribution is 2.34. The van der Waals surface area contributed by atoms with Crippen molar-refractivity contribution in [3.8, 4) is 11.4 Å². The van der Waals surface area contributed by atoms with E-state index in [1.54, 1.807) is 18.9 Å². The maximum atomic E-state index is 13.3. The molecule has 0 aliphatic carbocycles. The quantitative estimate of drug-likeness (QED) is 0.559. The second-order valence-corrected chi connectivity index (χ2v) is 8.75. The number of carbonyl (C=O) groups is 1. The molecule has 3 aromatic rings. The summed E-state index contributed by atoms with van der Waals surface area (Å²) >= 11 is 1.54. The molecule has 158 valence electrons. The second-order valence-electron chi connectivity index (χ2n) is 7.64. The van der Waals surface area contributed by atoms with Crippen LogP contribution < -0.4 is 4.74 Å². The molecule has 4 rings (SSSR count). The first-order valence-electron chi connectivity index (χ1n) is 10.2. The Morgan fingerprint density at radius 2 is 1.80 bits per heavy atom. The van der Waals surface area contributed by atoms with Crippen molar-refractivity contribution >= 4 is 28.7 Å². The van der Waals surface area contributed by atoms with E-state index in [0.717, 1.165) is 27.6 Å². The van der Waals surface area contributed by atoms with Crippen LogP contribution in [0.1, 0.15) is 13.8 Å². The summed E-state index contributed by atoms with van der Waals surface area (Å²) in [5.74, 6) is 1.14. The van der Waals surface area contributed by atoms with Crippen LogP contribution in [0.2, 0.25) is 0 Å². The Morgan fingerprint density at radius 1 is 1.10 bits per heavy atom. The molecule has 1 unspecified atom stereocenters. The maximum absolute atomic E-state index is 13.3. The van der Waals surface area contributed by atoms with Gasteiger partial charge in [-0.3, -0.25) is 9.36 Å². The lowest BCUT2D eigenvalue weighted by molar-refractivity contribution is -0.135. The fraction of sp³-hybridized carbons (Fsp3) is 0.391. The van der Waals surface area contributed by atoms with Crippen molar-refractivity contribution in [2.24, 2.45) is 5.92 Å². The molecule has 1 aliphatic heterocycles. The van der Waals surface area contributed by atoms with Gasteiger partial charge in [-0.05, 0) is 42.3 Å². The molecule has 30 heavy (non-hydrogen) atoms. The molecule has 1 aliphatic rings. The van der Waals surface area contributed by atoms with Crippen LogP contribution in [0.5, 0.6) is 5.75 Å². The van der Waals surface area contributed by atoms with Crippen molar-refractivity contribution < 1.29 is 14.3 Å². The summed E-state index contributed by atoms with van der Waals surface area (Å²) in [6.07, 6.45) is 0. The minimum Gasteiger partial charge on any atom is -0.497 e. The molecule has 1 aromatic heterocycles. The molecule has 7 heteroatoms. The number of hydrogen-bond acceptors (Lipinski definition) is 5. The zero-order valence-corrected chi connectivity index (χ0v) is 18.4. The number of ether oxygens (including phenoxy) is 2. The Bertz CT molecular complexity index is 1010. The number of methoxy groups -OCH3 is 1. The van der Waals surface area contributed by atoms with Crippen LogP contribution in [-0.4, -0.2) is 59.0 Å². The normalized spacial score (nSPS) is 15.5. The van der Waals surface area contributed by atoms with Gasteiger partial charge in [-0.15, -0.1) is 0 Å². The number of rotatable bonds is 6. The van der Waals surface area contributed by atoms with Gasteiger partial charge in [0.2, 0.25) is 5.91 Å². The third-order valence-electron chi connectivity index (χ3n) is 5.26. The maximum Gasteiger partial charge on any atom is 0.236 e. The van der Waals surface area contributed by atoms with Gasteiger partial charge in [0.15, 0.2) is 5.16 Å². The molecular formula is C23H27N3O3S. The predicted molar refractivity (Wildman–Crippen MR) is 120 cm³/mol. The van der Waals surface area contributed by atoms with Crippen molar-refractivity contribution in [2.45, 2.75) is 24.3 Å². The molecule has 0 bridgehead atoms. The van der Waals surface area contributed by atoms with Crippen molar-refractivity contribution in [1.29, 1.82) is 0 Å². The zero-order chi connectivity index (χ0) is 21.1. The van der Waals surface area contributed by atoms with E-state index < -0.39 is 0 Å². The molecule has 1 fully saturated rings. The van der Waals surface area contributed by atoms with Crippen LogP contribution in [0.3, 0.4) is 0 Å². The highest BCUT2D eigenvalue weighted by atomic mass is 32.2. The number of hydrogen-bond donors (Lipinski definition) is 0. The van der Waals surface area contributed by atoms with Crippen molar-refractivity contribution in [3.63, 3.8) is 0 Å². The van der Waals surface area contributed by atoms with E-state index in [0.29, 0.717) is 26.3 Å². The summed E-state index contributed by atoms with van der Waals surface area (Å²) in [4.78, 5) is 20.1. The Morgan fingerprint density at radius 3 is 2.47 bits per heavy atom. The van der Waals surface area contributed by atoms with Gasteiger partial charge in [-0.25, -0.2) is 4.98 Å². The predicted octanol–water partition coefficient (Wildman–Crippen LogP) is 4.01. The third kappa shape index (κ3) is 4.18. The number of fused-ring (bicyclic) bond motifs is 1. The van der Waals surface area contributed by atoms with Gasteiger partial charge >= 0.3 is 0 Å². The van der Waals surface area contributed by atoms with Gasteiger partial charge in [-0.1, -0.05) is 37.7 Å². The fourth-order valence-corrected chi connectivity index (χ4v) is 4.82. The summed E-state index contributed by atoms with van der Waals surface area (Å²) in [7, 11) is 1.66. The SMILES string of the molecule is COc1ccc(-n2c(SC(C(=O)N3CCOCC3)C(C)C)nc3ccccc32)cc1. The van der Waals surface area contributed by atoms with E-state index in [2.05, 4.69) is 24.5 Å². The monoisotopic (exact) mass is 425 g/mol. The van der Waals surface area contributed by atoms with Gasteiger partial charge in [0.25, 0.3) is 0 Å². The lowest BCUT2D eigenvalue weighted by atomic mass is 10.1. The van der Waals surface area contributed by atoms with Crippen molar-refractivity contribution in [1.82, 2.24) is 14.5 Å². The number of morpholine rings is 1. The number of aromatic nitrogens is 2. The van der Waals surface area contributed by atoms with Gasteiger partial charge in [-0.2, -0.15) is 0 Å². The molecular weight excluding hydrogens is 398 g/mol. The number of benzene rings is 2. The Balaban J connectivity index is 1.72. The first-order chi connectivity index (χ1) is 14.6. The largest absolute Gasteiger partial charge is 0.497 e. The van der Waals surface area contributed by atoms with E-state index >= 15 is 0 Å². The molecule has 1 atom stereocenters.